The molecule has 0 radical (unpaired) electrons. The van der Waals surface area contributed by atoms with E-state index in [2.05, 4.69) is 6.92 Å². The van der Waals surface area contributed by atoms with E-state index in [9.17, 15) is 13.2 Å². The van der Waals surface area contributed by atoms with Crippen molar-refractivity contribution in [3.8, 4) is 0 Å². The predicted octanol–water partition coefficient (Wildman–Crippen LogP) is 5.11. The van der Waals surface area contributed by atoms with Crippen LogP contribution in [0.25, 0.3) is 10.2 Å². The molecule has 0 spiro atoms. The largest absolute Gasteiger partial charge is 0.279 e. The van der Waals surface area contributed by atoms with E-state index in [4.69, 9.17) is 4.98 Å². The van der Waals surface area contributed by atoms with Crippen molar-refractivity contribution < 1.29 is 13.2 Å². The maximum atomic E-state index is 13.6. The van der Waals surface area contributed by atoms with E-state index in [1.165, 1.54) is 23.5 Å². The Labute approximate surface area is 185 Å². The van der Waals surface area contributed by atoms with Gasteiger partial charge in [-0.3, -0.25) is 9.69 Å². The average molecular weight is 451 g/mol. The minimum atomic E-state index is -3.42. The van der Waals surface area contributed by atoms with Gasteiger partial charge in [0.15, 0.2) is 15.0 Å². The molecule has 5 nitrogen and oxygen atoms in total. The van der Waals surface area contributed by atoms with Crippen molar-refractivity contribution in [3.05, 3.63) is 89.5 Å². The first-order chi connectivity index (χ1) is 14.9. The molecule has 7 heteroatoms. The molecule has 0 aliphatic carbocycles. The second-order valence-electron chi connectivity index (χ2n) is 7.29. The van der Waals surface area contributed by atoms with Crippen molar-refractivity contribution in [2.45, 2.75) is 24.8 Å². The summed E-state index contributed by atoms with van der Waals surface area (Å²) < 4.78 is 25.0. The summed E-state index contributed by atoms with van der Waals surface area (Å²) in [6, 6.07) is 21.9. The molecule has 4 aromatic rings. The van der Waals surface area contributed by atoms with E-state index in [1.54, 1.807) is 17.0 Å². The molecule has 1 aromatic heterocycles. The zero-order valence-corrected chi connectivity index (χ0v) is 18.9. The summed E-state index contributed by atoms with van der Waals surface area (Å²) in [6.45, 7) is 2.42. The molecule has 1 heterocycles. The molecule has 1 amide bonds. The van der Waals surface area contributed by atoms with Crippen molar-refractivity contribution in [2.24, 2.45) is 0 Å². The van der Waals surface area contributed by atoms with Crippen LogP contribution in [-0.4, -0.2) is 25.6 Å². The highest BCUT2D eigenvalue weighted by Crippen LogP contribution is 2.33. The molecule has 4 rings (SSSR count). The van der Waals surface area contributed by atoms with Crippen LogP contribution >= 0.6 is 11.3 Å². The lowest BCUT2D eigenvalue weighted by molar-refractivity contribution is 0.0985. The van der Waals surface area contributed by atoms with Crippen LogP contribution < -0.4 is 4.90 Å². The number of fused-ring (bicyclic) bond motifs is 1. The van der Waals surface area contributed by atoms with Crippen molar-refractivity contribution >= 4 is 42.4 Å². The molecular weight excluding hydrogens is 428 g/mol. The highest BCUT2D eigenvalue weighted by Gasteiger charge is 2.23. The van der Waals surface area contributed by atoms with E-state index >= 15 is 0 Å². The third-order valence-corrected chi connectivity index (χ3v) is 7.19. The second kappa shape index (κ2) is 8.61. The minimum absolute atomic E-state index is 0.121. The fourth-order valence-electron chi connectivity index (χ4n) is 3.40. The number of rotatable bonds is 6. The van der Waals surface area contributed by atoms with E-state index in [0.29, 0.717) is 17.2 Å². The molecule has 0 aliphatic rings. The number of thiazole rings is 1. The minimum Gasteiger partial charge on any atom is -0.279 e. The van der Waals surface area contributed by atoms with Crippen LogP contribution in [0, 0.1) is 0 Å². The number of anilines is 1. The Morgan fingerprint density at radius 2 is 1.74 bits per heavy atom. The van der Waals surface area contributed by atoms with E-state index in [1.807, 2.05) is 48.5 Å². The Morgan fingerprint density at radius 1 is 1.00 bits per heavy atom. The van der Waals surface area contributed by atoms with Crippen LogP contribution in [0.5, 0.6) is 0 Å². The standard InChI is InChI=1S/C24H22N2O3S2/c1-3-18-11-8-14-21-22(18)25-24(30-21)26(16-17-9-5-4-6-10-17)23(27)19-12-7-13-20(15-19)31(2,28)29/h4-15H,3,16H2,1-2H3. The van der Waals surface area contributed by atoms with Crippen molar-refractivity contribution in [2.75, 3.05) is 11.2 Å². The van der Waals surface area contributed by atoms with Gasteiger partial charge in [-0.2, -0.15) is 0 Å². The zero-order chi connectivity index (χ0) is 22.0. The lowest BCUT2D eigenvalue weighted by Gasteiger charge is -2.20. The number of sulfone groups is 1. The van der Waals surface area contributed by atoms with Crippen LogP contribution in [0.4, 0.5) is 5.13 Å². The highest BCUT2D eigenvalue weighted by molar-refractivity contribution is 7.90. The first kappa shape index (κ1) is 21.2. The lowest BCUT2D eigenvalue weighted by Crippen LogP contribution is -2.30. The van der Waals surface area contributed by atoms with E-state index in [0.717, 1.165) is 34.0 Å². The Bertz CT molecular complexity index is 1350. The van der Waals surface area contributed by atoms with Crippen molar-refractivity contribution in [3.63, 3.8) is 0 Å². The molecular formula is C24H22N2O3S2. The number of para-hydroxylation sites is 1. The number of carbonyl (C=O) groups excluding carboxylic acids is 1. The Morgan fingerprint density at radius 3 is 2.45 bits per heavy atom. The molecule has 158 valence electrons. The van der Waals surface area contributed by atoms with Crippen molar-refractivity contribution in [1.82, 2.24) is 4.98 Å². The van der Waals surface area contributed by atoms with Gasteiger partial charge in [-0.25, -0.2) is 13.4 Å². The fourth-order valence-corrected chi connectivity index (χ4v) is 5.08. The number of hydrogen-bond acceptors (Lipinski definition) is 5. The third-order valence-electron chi connectivity index (χ3n) is 5.04. The van der Waals surface area contributed by atoms with Crippen molar-refractivity contribution in [1.29, 1.82) is 0 Å². The number of aromatic nitrogens is 1. The van der Waals surface area contributed by atoms with Gasteiger partial charge in [-0.05, 0) is 41.8 Å². The first-order valence-corrected chi connectivity index (χ1v) is 12.6. The Balaban J connectivity index is 1.81. The van der Waals surface area contributed by atoms with Crippen LogP contribution in [0.3, 0.4) is 0 Å². The maximum Gasteiger partial charge on any atom is 0.260 e. The number of hydrogen-bond donors (Lipinski definition) is 0. The van der Waals surface area contributed by atoms with Gasteiger partial charge in [-0.15, -0.1) is 0 Å². The molecule has 0 aliphatic heterocycles. The predicted molar refractivity (Wildman–Crippen MR) is 126 cm³/mol. The smallest absolute Gasteiger partial charge is 0.260 e. The number of benzene rings is 3. The van der Waals surface area contributed by atoms with Gasteiger partial charge in [0.25, 0.3) is 5.91 Å². The van der Waals surface area contributed by atoms with Gasteiger partial charge in [0, 0.05) is 11.8 Å². The molecule has 0 fully saturated rings. The number of carbonyl (C=O) groups is 1. The summed E-state index contributed by atoms with van der Waals surface area (Å²) in [5.41, 5.74) is 3.31. The summed E-state index contributed by atoms with van der Waals surface area (Å²) in [5.74, 6) is -0.286. The quantitative estimate of drug-likeness (QED) is 0.409. The summed E-state index contributed by atoms with van der Waals surface area (Å²) >= 11 is 1.46. The average Bonchev–Trinajstić information content (AvgIpc) is 3.21. The van der Waals surface area contributed by atoms with Gasteiger partial charge in [-0.1, -0.05) is 66.8 Å². The fraction of sp³-hybridized carbons (Fsp3) is 0.167. The second-order valence-corrected chi connectivity index (χ2v) is 10.3. The normalized spacial score (nSPS) is 11.5. The number of nitrogens with zero attached hydrogens (tertiary/aromatic N) is 2. The van der Waals surface area contributed by atoms with Crippen LogP contribution in [-0.2, 0) is 22.8 Å². The number of amides is 1. The third kappa shape index (κ3) is 4.52. The topological polar surface area (TPSA) is 67.3 Å². The molecule has 0 unspecified atom stereocenters. The molecule has 0 saturated carbocycles. The summed E-state index contributed by atoms with van der Waals surface area (Å²) in [4.78, 5) is 20.1. The maximum absolute atomic E-state index is 13.6. The van der Waals surface area contributed by atoms with Gasteiger partial charge in [0.05, 0.1) is 21.7 Å². The molecule has 31 heavy (non-hydrogen) atoms. The van der Waals surface area contributed by atoms with Crippen LogP contribution in [0.1, 0.15) is 28.4 Å². The SMILES string of the molecule is CCc1cccc2sc(N(Cc3ccccc3)C(=O)c3cccc(S(C)(=O)=O)c3)nc12. The summed E-state index contributed by atoms with van der Waals surface area (Å²) in [6.07, 6.45) is 1.99. The van der Waals surface area contributed by atoms with E-state index in [-0.39, 0.29) is 10.8 Å². The zero-order valence-electron chi connectivity index (χ0n) is 17.3. The number of aryl methyl sites for hydroxylation is 1. The van der Waals surface area contributed by atoms with Gasteiger partial charge in [0.2, 0.25) is 0 Å². The molecule has 0 bridgehead atoms. The lowest BCUT2D eigenvalue weighted by atomic mass is 10.1. The monoisotopic (exact) mass is 450 g/mol. The van der Waals surface area contributed by atoms with E-state index < -0.39 is 9.84 Å². The molecule has 3 aromatic carbocycles. The summed E-state index contributed by atoms with van der Waals surface area (Å²) in [5, 5.41) is 0.592. The van der Waals surface area contributed by atoms with Gasteiger partial charge >= 0.3 is 0 Å². The Kier molecular flexibility index (Phi) is 5.89. The Hall–Kier alpha value is -3.03. The molecule has 0 atom stereocenters. The van der Waals surface area contributed by atoms with Gasteiger partial charge in [0.1, 0.15) is 0 Å². The highest BCUT2D eigenvalue weighted by atomic mass is 32.2. The first-order valence-electron chi connectivity index (χ1n) is 9.91. The van der Waals surface area contributed by atoms with Crippen LogP contribution in [0.15, 0.2) is 77.7 Å². The molecule has 0 saturated heterocycles. The van der Waals surface area contributed by atoms with Crippen LogP contribution in [0.2, 0.25) is 0 Å². The van der Waals surface area contributed by atoms with Gasteiger partial charge < -0.3 is 0 Å². The molecule has 0 N–H and O–H groups in total. The summed E-state index contributed by atoms with van der Waals surface area (Å²) in [7, 11) is -3.42.